The maximum Gasteiger partial charge on any atom is 0.256 e. The molecule has 0 spiro atoms. The number of carbonyl (C=O) groups excluding carboxylic acids is 1. The zero-order valence-electron chi connectivity index (χ0n) is 14.7. The van der Waals surface area contributed by atoms with Crippen LogP contribution in [0.15, 0.2) is 27.1 Å². The first-order chi connectivity index (χ1) is 12.4. The van der Waals surface area contributed by atoms with Crippen molar-refractivity contribution < 1.29 is 19.0 Å². The molecule has 5 nitrogen and oxygen atoms in total. The number of ether oxygens (including phenoxy) is 3. The molecule has 0 bridgehead atoms. The van der Waals surface area contributed by atoms with E-state index in [0.717, 1.165) is 31.3 Å². The second kappa shape index (κ2) is 7.32. The van der Waals surface area contributed by atoms with Crippen LogP contribution in [0.25, 0.3) is 11.6 Å². The number of hydrogen-bond acceptors (Lipinski definition) is 4. The fourth-order valence-corrected chi connectivity index (χ4v) is 4.26. The summed E-state index contributed by atoms with van der Waals surface area (Å²) in [7, 11) is 4.67. The topological polar surface area (TPSA) is 56.8 Å². The predicted octanol–water partition coefficient (Wildman–Crippen LogP) is 5.04. The average molecular weight is 483 g/mol. The lowest BCUT2D eigenvalue weighted by Gasteiger charge is -2.14. The summed E-state index contributed by atoms with van der Waals surface area (Å²) in [6, 6.07) is 5.54. The number of fused-ring (bicyclic) bond motifs is 1. The molecule has 1 aliphatic heterocycles. The van der Waals surface area contributed by atoms with Crippen molar-refractivity contribution >= 4 is 55.1 Å². The van der Waals surface area contributed by atoms with E-state index in [1.54, 1.807) is 33.5 Å². The van der Waals surface area contributed by atoms with Crippen molar-refractivity contribution in [3.63, 3.8) is 0 Å². The highest BCUT2D eigenvalue weighted by molar-refractivity contribution is 9.11. The van der Waals surface area contributed by atoms with E-state index >= 15 is 0 Å². The maximum absolute atomic E-state index is 12.6. The first-order valence-electron chi connectivity index (χ1n) is 7.73. The number of rotatable bonds is 4. The standard InChI is InChI=1S/C19H17Br2NO4/c1-9-12(20)8-13(21)16-15(9)11(19(23)22-16)7-10-5-6-14(24-2)18(26-4)17(10)25-3/h5-8H,1-4H3,(H,22,23). The van der Waals surface area contributed by atoms with E-state index < -0.39 is 0 Å². The Kier molecular flexibility index (Phi) is 5.29. The van der Waals surface area contributed by atoms with Gasteiger partial charge in [-0.1, -0.05) is 15.9 Å². The van der Waals surface area contributed by atoms with E-state index in [0.29, 0.717) is 22.8 Å². The fraction of sp³-hybridized carbons (Fsp3) is 0.211. The van der Waals surface area contributed by atoms with Gasteiger partial charge in [-0.15, -0.1) is 0 Å². The van der Waals surface area contributed by atoms with Crippen LogP contribution in [0.2, 0.25) is 0 Å². The third kappa shape index (κ3) is 2.99. The van der Waals surface area contributed by atoms with Crippen LogP contribution in [0, 0.1) is 6.92 Å². The highest BCUT2D eigenvalue weighted by Gasteiger charge is 2.29. The molecule has 2 aromatic carbocycles. The highest BCUT2D eigenvalue weighted by Crippen LogP contribution is 2.45. The van der Waals surface area contributed by atoms with Gasteiger partial charge in [-0.05, 0) is 52.7 Å². The van der Waals surface area contributed by atoms with Gasteiger partial charge in [0.25, 0.3) is 5.91 Å². The quantitative estimate of drug-likeness (QED) is 0.620. The Labute approximate surface area is 168 Å². The van der Waals surface area contributed by atoms with Crippen LogP contribution in [0.3, 0.4) is 0 Å². The van der Waals surface area contributed by atoms with Crippen LogP contribution in [0.1, 0.15) is 16.7 Å². The van der Waals surface area contributed by atoms with Gasteiger partial charge < -0.3 is 19.5 Å². The molecular weight excluding hydrogens is 466 g/mol. The summed E-state index contributed by atoms with van der Waals surface area (Å²) < 4.78 is 18.0. The maximum atomic E-state index is 12.6. The number of carbonyl (C=O) groups is 1. The Hall–Kier alpha value is -1.99. The van der Waals surface area contributed by atoms with E-state index in [1.807, 2.05) is 19.1 Å². The summed E-state index contributed by atoms with van der Waals surface area (Å²) in [4.78, 5) is 12.6. The molecule has 1 heterocycles. The number of anilines is 1. The van der Waals surface area contributed by atoms with Crippen LogP contribution >= 0.6 is 31.9 Å². The molecule has 0 fully saturated rings. The average Bonchev–Trinajstić information content (AvgIpc) is 2.96. The Morgan fingerprint density at radius 3 is 2.31 bits per heavy atom. The summed E-state index contributed by atoms with van der Waals surface area (Å²) >= 11 is 7.05. The Balaban J connectivity index is 2.24. The molecule has 1 amide bonds. The van der Waals surface area contributed by atoms with E-state index in [2.05, 4.69) is 37.2 Å². The lowest BCUT2D eigenvalue weighted by molar-refractivity contribution is -0.110. The number of amides is 1. The smallest absolute Gasteiger partial charge is 0.256 e. The van der Waals surface area contributed by atoms with Crippen molar-refractivity contribution in [2.45, 2.75) is 6.92 Å². The van der Waals surface area contributed by atoms with E-state index in [1.165, 1.54) is 0 Å². The number of benzene rings is 2. The number of hydrogen-bond donors (Lipinski definition) is 1. The number of nitrogens with one attached hydrogen (secondary N) is 1. The summed E-state index contributed by atoms with van der Waals surface area (Å²) in [5.41, 5.74) is 3.88. The van der Waals surface area contributed by atoms with Gasteiger partial charge in [0.15, 0.2) is 11.5 Å². The molecule has 0 radical (unpaired) electrons. The first kappa shape index (κ1) is 18.8. The van der Waals surface area contributed by atoms with Crippen LogP contribution in [-0.4, -0.2) is 27.2 Å². The molecule has 2 aromatic rings. The molecule has 1 N–H and O–H groups in total. The van der Waals surface area contributed by atoms with E-state index in [9.17, 15) is 4.79 Å². The zero-order chi connectivity index (χ0) is 19.0. The minimum Gasteiger partial charge on any atom is -0.493 e. The molecule has 3 rings (SSSR count). The van der Waals surface area contributed by atoms with Crippen molar-refractivity contribution in [3.8, 4) is 17.2 Å². The lowest BCUT2D eigenvalue weighted by atomic mass is 9.99. The molecule has 0 unspecified atom stereocenters. The van der Waals surface area contributed by atoms with Gasteiger partial charge in [0.2, 0.25) is 5.75 Å². The Bertz CT molecular complexity index is 938. The summed E-state index contributed by atoms with van der Waals surface area (Å²) in [5.74, 6) is 1.38. The molecule has 0 saturated heterocycles. The molecule has 0 saturated carbocycles. The second-order valence-electron chi connectivity index (χ2n) is 5.65. The second-order valence-corrected chi connectivity index (χ2v) is 7.36. The van der Waals surface area contributed by atoms with Crippen molar-refractivity contribution in [3.05, 3.63) is 43.8 Å². The van der Waals surface area contributed by atoms with Gasteiger partial charge in [-0.3, -0.25) is 4.79 Å². The molecule has 0 aliphatic carbocycles. The first-order valence-corrected chi connectivity index (χ1v) is 9.32. The molecule has 1 aliphatic rings. The molecular formula is C19H17Br2NO4. The van der Waals surface area contributed by atoms with Crippen LogP contribution in [0.4, 0.5) is 5.69 Å². The van der Waals surface area contributed by atoms with Crippen molar-refractivity contribution in [2.24, 2.45) is 0 Å². The van der Waals surface area contributed by atoms with Crippen LogP contribution < -0.4 is 19.5 Å². The molecule has 26 heavy (non-hydrogen) atoms. The summed E-state index contributed by atoms with van der Waals surface area (Å²) in [5, 5.41) is 2.92. The van der Waals surface area contributed by atoms with Crippen molar-refractivity contribution in [2.75, 3.05) is 26.6 Å². The molecule has 0 atom stereocenters. The molecule has 136 valence electrons. The van der Waals surface area contributed by atoms with Crippen LogP contribution in [-0.2, 0) is 4.79 Å². The van der Waals surface area contributed by atoms with Crippen molar-refractivity contribution in [1.29, 1.82) is 0 Å². The van der Waals surface area contributed by atoms with Gasteiger partial charge >= 0.3 is 0 Å². The fourth-order valence-electron chi connectivity index (χ4n) is 3.00. The SMILES string of the molecule is COc1ccc(C=C2C(=O)Nc3c(Br)cc(Br)c(C)c32)c(OC)c1OC. The lowest BCUT2D eigenvalue weighted by Crippen LogP contribution is -2.04. The van der Waals surface area contributed by atoms with Gasteiger partial charge in [0.05, 0.1) is 32.6 Å². The summed E-state index contributed by atoms with van der Waals surface area (Å²) in [6.07, 6.45) is 1.80. The number of methoxy groups -OCH3 is 3. The number of halogens is 2. The van der Waals surface area contributed by atoms with Gasteiger partial charge in [-0.2, -0.15) is 0 Å². The largest absolute Gasteiger partial charge is 0.493 e. The minimum atomic E-state index is -0.168. The molecule has 7 heteroatoms. The zero-order valence-corrected chi connectivity index (χ0v) is 17.9. The third-order valence-corrected chi connectivity index (χ3v) is 5.71. The van der Waals surface area contributed by atoms with E-state index in [4.69, 9.17) is 14.2 Å². The Morgan fingerprint density at radius 1 is 1.00 bits per heavy atom. The monoisotopic (exact) mass is 481 g/mol. The van der Waals surface area contributed by atoms with Gasteiger partial charge in [0.1, 0.15) is 0 Å². The molecule has 0 aromatic heterocycles. The van der Waals surface area contributed by atoms with Gasteiger partial charge in [-0.25, -0.2) is 0 Å². The third-order valence-electron chi connectivity index (χ3n) is 4.26. The predicted molar refractivity (Wildman–Crippen MR) is 109 cm³/mol. The van der Waals surface area contributed by atoms with E-state index in [-0.39, 0.29) is 5.91 Å². The van der Waals surface area contributed by atoms with Crippen molar-refractivity contribution in [1.82, 2.24) is 0 Å². The summed E-state index contributed by atoms with van der Waals surface area (Å²) in [6.45, 7) is 1.97. The van der Waals surface area contributed by atoms with Crippen LogP contribution in [0.5, 0.6) is 17.2 Å². The minimum absolute atomic E-state index is 0.168. The Morgan fingerprint density at radius 2 is 1.69 bits per heavy atom. The highest BCUT2D eigenvalue weighted by atomic mass is 79.9. The normalized spacial score (nSPS) is 14.2. The van der Waals surface area contributed by atoms with Gasteiger partial charge in [0, 0.05) is 20.1 Å².